The molecule has 4 rings (SSSR count). The highest BCUT2D eigenvalue weighted by Crippen LogP contribution is 2.29. The fourth-order valence-corrected chi connectivity index (χ4v) is 4.28. The Labute approximate surface area is 179 Å². The highest BCUT2D eigenvalue weighted by molar-refractivity contribution is 6.33. The van der Waals surface area contributed by atoms with Crippen LogP contribution in [0.15, 0.2) is 30.5 Å². The summed E-state index contributed by atoms with van der Waals surface area (Å²) in [6.45, 7) is 2.83. The molecule has 5 nitrogen and oxygen atoms in total. The van der Waals surface area contributed by atoms with Crippen molar-refractivity contribution >= 4 is 23.3 Å². The number of aromatic nitrogens is 1. The van der Waals surface area contributed by atoms with Gasteiger partial charge in [0.2, 0.25) is 0 Å². The number of rotatable bonds is 4. The van der Waals surface area contributed by atoms with Gasteiger partial charge in [-0.15, -0.1) is 0 Å². The van der Waals surface area contributed by atoms with Crippen LogP contribution in [0.5, 0.6) is 5.75 Å². The van der Waals surface area contributed by atoms with Gasteiger partial charge in [-0.1, -0.05) is 11.6 Å². The Morgan fingerprint density at radius 2 is 1.80 bits per heavy atom. The summed E-state index contributed by atoms with van der Waals surface area (Å²) >= 11 is 6.46. The molecular formula is C22H24ClF2N3O2. The highest BCUT2D eigenvalue weighted by Gasteiger charge is 2.25. The summed E-state index contributed by atoms with van der Waals surface area (Å²) in [4.78, 5) is 21.0. The first-order chi connectivity index (χ1) is 14.5. The van der Waals surface area contributed by atoms with Crippen LogP contribution < -0.4 is 9.64 Å². The molecule has 30 heavy (non-hydrogen) atoms. The lowest BCUT2D eigenvalue weighted by atomic mass is 10.1. The molecule has 0 N–H and O–H groups in total. The molecule has 2 fully saturated rings. The van der Waals surface area contributed by atoms with Crippen molar-refractivity contribution in [1.29, 1.82) is 0 Å². The second-order valence-electron chi connectivity index (χ2n) is 7.76. The third-order valence-corrected chi connectivity index (χ3v) is 5.92. The van der Waals surface area contributed by atoms with E-state index in [1.54, 1.807) is 12.3 Å². The molecule has 160 valence electrons. The van der Waals surface area contributed by atoms with Gasteiger partial charge in [-0.2, -0.15) is 0 Å². The number of halogens is 3. The van der Waals surface area contributed by atoms with Crippen molar-refractivity contribution in [2.24, 2.45) is 0 Å². The maximum Gasteiger partial charge on any atom is 0.255 e. The zero-order valence-electron chi connectivity index (χ0n) is 16.6. The van der Waals surface area contributed by atoms with E-state index in [2.05, 4.69) is 4.98 Å². The Hall–Kier alpha value is -2.41. The van der Waals surface area contributed by atoms with Gasteiger partial charge in [0.15, 0.2) is 11.6 Å². The summed E-state index contributed by atoms with van der Waals surface area (Å²) in [5.74, 6) is -0.650. The highest BCUT2D eigenvalue weighted by atomic mass is 35.5. The number of anilines is 1. The van der Waals surface area contributed by atoms with Crippen molar-refractivity contribution in [2.45, 2.75) is 38.2 Å². The van der Waals surface area contributed by atoms with Gasteiger partial charge < -0.3 is 14.5 Å². The lowest BCUT2D eigenvalue weighted by molar-refractivity contribution is 0.0724. The number of ether oxygens (including phenoxy) is 1. The molecule has 3 heterocycles. The van der Waals surface area contributed by atoms with Crippen LogP contribution in [-0.2, 0) is 0 Å². The maximum absolute atomic E-state index is 13.8. The largest absolute Gasteiger partial charge is 0.487 e. The first-order valence-electron chi connectivity index (χ1n) is 10.3. The molecule has 0 aliphatic carbocycles. The Balaban J connectivity index is 1.36. The molecular weight excluding hydrogens is 412 g/mol. The number of carbonyl (C=O) groups is 1. The smallest absolute Gasteiger partial charge is 0.255 e. The molecule has 0 bridgehead atoms. The SMILES string of the molecule is O=C(c1cnc(N2CCC(Oc3ccc(F)cc3F)CC2)c(Cl)c1)N1CCCCC1. The van der Waals surface area contributed by atoms with Gasteiger partial charge in [-0.05, 0) is 37.5 Å². The molecule has 1 aromatic carbocycles. The summed E-state index contributed by atoms with van der Waals surface area (Å²) < 4.78 is 32.5. The van der Waals surface area contributed by atoms with E-state index < -0.39 is 11.6 Å². The summed E-state index contributed by atoms with van der Waals surface area (Å²) in [6.07, 6.45) is 5.96. The first-order valence-corrected chi connectivity index (χ1v) is 10.7. The average Bonchev–Trinajstić information content (AvgIpc) is 2.76. The molecule has 0 spiro atoms. The summed E-state index contributed by atoms with van der Waals surface area (Å²) in [7, 11) is 0. The van der Waals surface area contributed by atoms with Crippen LogP contribution in [0.2, 0.25) is 5.02 Å². The van der Waals surface area contributed by atoms with Gasteiger partial charge in [0.05, 0.1) is 10.6 Å². The molecule has 0 atom stereocenters. The van der Waals surface area contributed by atoms with Crippen LogP contribution in [0.3, 0.4) is 0 Å². The van der Waals surface area contributed by atoms with Crippen LogP contribution in [0, 0.1) is 11.6 Å². The average molecular weight is 436 g/mol. The van der Waals surface area contributed by atoms with Crippen molar-refractivity contribution in [1.82, 2.24) is 9.88 Å². The van der Waals surface area contributed by atoms with E-state index in [1.807, 2.05) is 9.80 Å². The van der Waals surface area contributed by atoms with E-state index in [1.165, 1.54) is 12.1 Å². The van der Waals surface area contributed by atoms with Gasteiger partial charge >= 0.3 is 0 Å². The fraction of sp³-hybridized carbons (Fsp3) is 0.455. The zero-order valence-corrected chi connectivity index (χ0v) is 17.4. The van der Waals surface area contributed by atoms with Crippen LogP contribution in [-0.4, -0.2) is 48.1 Å². The molecule has 0 saturated carbocycles. The number of hydrogen-bond donors (Lipinski definition) is 0. The monoisotopic (exact) mass is 435 g/mol. The van der Waals surface area contributed by atoms with Crippen molar-refractivity contribution in [3.8, 4) is 5.75 Å². The number of likely N-dealkylation sites (tertiary alicyclic amines) is 1. The molecule has 0 radical (unpaired) electrons. The van der Waals surface area contributed by atoms with Gasteiger partial charge in [-0.3, -0.25) is 4.79 Å². The van der Waals surface area contributed by atoms with Crippen molar-refractivity contribution < 1.29 is 18.3 Å². The number of hydrogen-bond acceptors (Lipinski definition) is 4. The van der Waals surface area contributed by atoms with E-state index in [4.69, 9.17) is 16.3 Å². The Morgan fingerprint density at radius 3 is 2.47 bits per heavy atom. The van der Waals surface area contributed by atoms with E-state index >= 15 is 0 Å². The molecule has 8 heteroatoms. The minimum Gasteiger partial charge on any atom is -0.487 e. The van der Waals surface area contributed by atoms with E-state index in [0.717, 1.165) is 38.4 Å². The maximum atomic E-state index is 13.8. The van der Waals surface area contributed by atoms with Crippen molar-refractivity contribution in [3.05, 3.63) is 52.7 Å². The number of piperidine rings is 2. The molecule has 2 saturated heterocycles. The van der Waals surface area contributed by atoms with Gasteiger partial charge in [0.1, 0.15) is 17.7 Å². The lowest BCUT2D eigenvalue weighted by Gasteiger charge is -2.33. The second kappa shape index (κ2) is 9.16. The third-order valence-electron chi connectivity index (χ3n) is 5.64. The van der Waals surface area contributed by atoms with Gasteiger partial charge in [0.25, 0.3) is 5.91 Å². The Kier molecular flexibility index (Phi) is 6.37. The first kappa shape index (κ1) is 20.8. The minimum atomic E-state index is -0.698. The number of pyridine rings is 1. The number of benzene rings is 1. The lowest BCUT2D eigenvalue weighted by Crippen LogP contribution is -2.39. The van der Waals surface area contributed by atoms with Crippen molar-refractivity contribution in [2.75, 3.05) is 31.1 Å². The zero-order chi connectivity index (χ0) is 21.1. The quantitative estimate of drug-likeness (QED) is 0.699. The normalized spacial score (nSPS) is 17.8. The van der Waals surface area contributed by atoms with Crippen molar-refractivity contribution in [3.63, 3.8) is 0 Å². The Bertz CT molecular complexity index is 913. The van der Waals surface area contributed by atoms with E-state index in [0.29, 0.717) is 42.3 Å². The van der Waals surface area contributed by atoms with Crippen LogP contribution >= 0.6 is 11.6 Å². The summed E-state index contributed by atoms with van der Waals surface area (Å²) in [5.41, 5.74) is 0.510. The van der Waals surface area contributed by atoms with Gasteiger partial charge in [-0.25, -0.2) is 13.8 Å². The molecule has 0 unspecified atom stereocenters. The van der Waals surface area contributed by atoms with Gasteiger partial charge in [0, 0.05) is 51.3 Å². The summed E-state index contributed by atoms with van der Waals surface area (Å²) in [5, 5.41) is 0.446. The molecule has 2 aliphatic rings. The third kappa shape index (κ3) is 4.67. The van der Waals surface area contributed by atoms with Crippen LogP contribution in [0.1, 0.15) is 42.5 Å². The fourth-order valence-electron chi connectivity index (χ4n) is 4.00. The van der Waals surface area contributed by atoms with Crippen LogP contribution in [0.25, 0.3) is 0 Å². The predicted octanol–water partition coefficient (Wildman–Crippen LogP) is 4.69. The standard InChI is InChI=1S/C22H24ClF2N3O2/c23-18-12-15(22(29)28-8-2-1-3-9-28)14-26-21(18)27-10-6-17(7-11-27)30-20-5-4-16(24)13-19(20)25/h4-5,12-14,17H,1-3,6-11H2. The predicted molar refractivity (Wildman–Crippen MR) is 111 cm³/mol. The van der Waals surface area contributed by atoms with Crippen LogP contribution in [0.4, 0.5) is 14.6 Å². The molecule has 1 aromatic heterocycles. The second-order valence-corrected chi connectivity index (χ2v) is 8.17. The number of nitrogens with zero attached hydrogens (tertiary/aromatic N) is 3. The topological polar surface area (TPSA) is 45.7 Å². The Morgan fingerprint density at radius 1 is 1.07 bits per heavy atom. The molecule has 1 amide bonds. The number of amides is 1. The van der Waals surface area contributed by atoms with E-state index in [-0.39, 0.29) is 17.8 Å². The molecule has 2 aromatic rings. The minimum absolute atomic E-state index is 0.0240. The van der Waals surface area contributed by atoms with E-state index in [9.17, 15) is 13.6 Å². The number of carbonyl (C=O) groups excluding carboxylic acids is 1. The molecule has 2 aliphatic heterocycles. The summed E-state index contributed by atoms with van der Waals surface area (Å²) in [6, 6.07) is 5.01.